The Labute approximate surface area is 137 Å². The summed E-state index contributed by atoms with van der Waals surface area (Å²) in [6, 6.07) is 10.7. The predicted octanol–water partition coefficient (Wildman–Crippen LogP) is 2.95. The van der Waals surface area contributed by atoms with E-state index in [0.717, 1.165) is 30.5 Å². The fraction of sp³-hybridized carbons (Fsp3) is 0.556. The summed E-state index contributed by atoms with van der Waals surface area (Å²) in [5.41, 5.74) is 1.01. The van der Waals surface area contributed by atoms with Gasteiger partial charge in [-0.05, 0) is 50.6 Å². The Kier molecular flexibility index (Phi) is 4.28. The van der Waals surface area contributed by atoms with Crippen LogP contribution in [0.25, 0.3) is 11.4 Å². The van der Waals surface area contributed by atoms with Crippen molar-refractivity contribution in [3.63, 3.8) is 0 Å². The van der Waals surface area contributed by atoms with Crippen molar-refractivity contribution >= 4 is 6.01 Å². The topological polar surface area (TPSA) is 54.2 Å². The van der Waals surface area contributed by atoms with E-state index < -0.39 is 0 Å². The first-order valence-corrected chi connectivity index (χ1v) is 8.75. The monoisotopic (exact) mass is 312 g/mol. The highest BCUT2D eigenvalue weighted by atomic mass is 16.5. The number of benzene rings is 1. The van der Waals surface area contributed by atoms with Crippen LogP contribution in [0.2, 0.25) is 0 Å². The standard InChI is InChI=1S/C18H24N4O/c1-2-4-16(5-3-1)17-20-18(23-21-17)22-12-8-15(9-13-22)14-6-10-19-11-7-14/h1-5,14-15,19H,6-13H2. The zero-order valence-electron chi connectivity index (χ0n) is 13.4. The summed E-state index contributed by atoms with van der Waals surface area (Å²) < 4.78 is 5.49. The molecule has 0 aliphatic carbocycles. The van der Waals surface area contributed by atoms with E-state index >= 15 is 0 Å². The smallest absolute Gasteiger partial charge is 0.324 e. The van der Waals surface area contributed by atoms with Gasteiger partial charge in [0.1, 0.15) is 0 Å². The molecule has 0 amide bonds. The molecule has 5 nitrogen and oxygen atoms in total. The molecule has 122 valence electrons. The number of piperidine rings is 2. The molecule has 3 heterocycles. The average molecular weight is 312 g/mol. The molecule has 2 aromatic rings. The molecule has 2 saturated heterocycles. The van der Waals surface area contributed by atoms with Gasteiger partial charge in [-0.2, -0.15) is 4.98 Å². The number of nitrogens with zero attached hydrogens (tertiary/aromatic N) is 3. The van der Waals surface area contributed by atoms with E-state index in [1.807, 2.05) is 30.3 Å². The number of hydrogen-bond acceptors (Lipinski definition) is 5. The quantitative estimate of drug-likeness (QED) is 0.944. The van der Waals surface area contributed by atoms with E-state index in [0.29, 0.717) is 11.8 Å². The second-order valence-electron chi connectivity index (χ2n) is 6.68. The van der Waals surface area contributed by atoms with Crippen LogP contribution in [0.5, 0.6) is 0 Å². The Balaban J connectivity index is 1.38. The largest absolute Gasteiger partial charge is 0.324 e. The lowest BCUT2D eigenvalue weighted by Crippen LogP contribution is -2.39. The van der Waals surface area contributed by atoms with Crippen molar-refractivity contribution in [2.24, 2.45) is 11.8 Å². The van der Waals surface area contributed by atoms with Crippen molar-refractivity contribution in [2.75, 3.05) is 31.1 Å². The molecule has 1 aromatic carbocycles. The van der Waals surface area contributed by atoms with Crippen LogP contribution in [0.15, 0.2) is 34.9 Å². The van der Waals surface area contributed by atoms with Gasteiger partial charge in [-0.15, -0.1) is 0 Å². The van der Waals surface area contributed by atoms with Crippen molar-refractivity contribution in [3.8, 4) is 11.4 Å². The highest BCUT2D eigenvalue weighted by molar-refractivity contribution is 5.55. The first-order valence-electron chi connectivity index (χ1n) is 8.75. The van der Waals surface area contributed by atoms with E-state index in [2.05, 4.69) is 20.4 Å². The lowest BCUT2D eigenvalue weighted by Gasteiger charge is -2.37. The minimum Gasteiger partial charge on any atom is -0.324 e. The third kappa shape index (κ3) is 3.24. The molecule has 0 spiro atoms. The van der Waals surface area contributed by atoms with Crippen LogP contribution >= 0.6 is 0 Å². The Hall–Kier alpha value is -1.88. The van der Waals surface area contributed by atoms with Crippen molar-refractivity contribution < 1.29 is 4.52 Å². The molecule has 23 heavy (non-hydrogen) atoms. The predicted molar refractivity (Wildman–Crippen MR) is 90.3 cm³/mol. The number of rotatable bonds is 3. The Morgan fingerprint density at radius 3 is 2.39 bits per heavy atom. The minimum atomic E-state index is 0.674. The maximum atomic E-state index is 5.49. The summed E-state index contributed by atoms with van der Waals surface area (Å²) >= 11 is 0. The Morgan fingerprint density at radius 1 is 0.957 bits per heavy atom. The summed E-state index contributed by atoms with van der Waals surface area (Å²) in [4.78, 5) is 6.83. The summed E-state index contributed by atoms with van der Waals surface area (Å²) in [6.45, 7) is 4.44. The fourth-order valence-electron chi connectivity index (χ4n) is 3.93. The van der Waals surface area contributed by atoms with Crippen LogP contribution < -0.4 is 10.2 Å². The van der Waals surface area contributed by atoms with Crippen LogP contribution in [0.1, 0.15) is 25.7 Å². The number of aromatic nitrogens is 2. The molecular formula is C18H24N4O. The van der Waals surface area contributed by atoms with E-state index in [4.69, 9.17) is 4.52 Å². The molecule has 2 aliphatic rings. The zero-order chi connectivity index (χ0) is 15.5. The summed E-state index contributed by atoms with van der Waals surface area (Å²) in [5.74, 6) is 2.45. The van der Waals surface area contributed by atoms with Gasteiger partial charge in [0.2, 0.25) is 5.82 Å². The first kappa shape index (κ1) is 14.7. The molecule has 5 heteroatoms. The van der Waals surface area contributed by atoms with Gasteiger partial charge in [0.25, 0.3) is 0 Å². The molecular weight excluding hydrogens is 288 g/mol. The van der Waals surface area contributed by atoms with Gasteiger partial charge in [-0.25, -0.2) is 0 Å². The van der Waals surface area contributed by atoms with E-state index in [1.54, 1.807) is 0 Å². The SMILES string of the molecule is c1ccc(-c2noc(N3CCC(C4CCNCC4)CC3)n2)cc1. The molecule has 0 radical (unpaired) electrons. The molecule has 4 rings (SSSR count). The number of nitrogens with one attached hydrogen (secondary N) is 1. The second kappa shape index (κ2) is 6.71. The second-order valence-corrected chi connectivity index (χ2v) is 6.68. The maximum Gasteiger partial charge on any atom is 0.324 e. The van der Waals surface area contributed by atoms with Crippen LogP contribution in [0.4, 0.5) is 6.01 Å². The van der Waals surface area contributed by atoms with Gasteiger partial charge in [0.05, 0.1) is 0 Å². The minimum absolute atomic E-state index is 0.674. The van der Waals surface area contributed by atoms with Crippen LogP contribution in [0, 0.1) is 11.8 Å². The molecule has 0 unspecified atom stereocenters. The lowest BCUT2D eigenvalue weighted by atomic mass is 9.79. The van der Waals surface area contributed by atoms with E-state index in [1.165, 1.54) is 38.8 Å². The highest BCUT2D eigenvalue weighted by Gasteiger charge is 2.29. The number of hydrogen-bond donors (Lipinski definition) is 1. The first-order chi connectivity index (χ1) is 11.4. The summed E-state index contributed by atoms with van der Waals surface area (Å²) in [7, 11) is 0. The number of anilines is 1. The highest BCUT2D eigenvalue weighted by Crippen LogP contribution is 2.32. The molecule has 0 bridgehead atoms. The average Bonchev–Trinajstić information content (AvgIpc) is 3.14. The van der Waals surface area contributed by atoms with Gasteiger partial charge in [-0.1, -0.05) is 35.5 Å². The van der Waals surface area contributed by atoms with Gasteiger partial charge in [0.15, 0.2) is 0 Å². The molecule has 2 aliphatic heterocycles. The molecule has 0 atom stereocenters. The fourth-order valence-corrected chi connectivity index (χ4v) is 3.93. The third-order valence-corrected chi connectivity index (χ3v) is 5.31. The third-order valence-electron chi connectivity index (χ3n) is 5.31. The van der Waals surface area contributed by atoms with E-state index in [-0.39, 0.29) is 0 Å². The Bertz CT molecular complexity index is 613. The van der Waals surface area contributed by atoms with Crippen LogP contribution in [-0.2, 0) is 0 Å². The van der Waals surface area contributed by atoms with Crippen molar-refractivity contribution in [2.45, 2.75) is 25.7 Å². The van der Waals surface area contributed by atoms with Crippen molar-refractivity contribution in [1.82, 2.24) is 15.5 Å². The maximum absolute atomic E-state index is 5.49. The van der Waals surface area contributed by atoms with Crippen LogP contribution in [-0.4, -0.2) is 36.3 Å². The van der Waals surface area contributed by atoms with Crippen molar-refractivity contribution in [3.05, 3.63) is 30.3 Å². The van der Waals surface area contributed by atoms with Crippen molar-refractivity contribution in [1.29, 1.82) is 0 Å². The summed E-state index contributed by atoms with van der Waals surface area (Å²) in [5, 5.41) is 7.60. The zero-order valence-corrected chi connectivity index (χ0v) is 13.4. The van der Waals surface area contributed by atoms with Crippen LogP contribution in [0.3, 0.4) is 0 Å². The van der Waals surface area contributed by atoms with Gasteiger partial charge >= 0.3 is 6.01 Å². The summed E-state index contributed by atoms with van der Waals surface area (Å²) in [6.07, 6.45) is 5.16. The molecule has 1 aromatic heterocycles. The van der Waals surface area contributed by atoms with E-state index in [9.17, 15) is 0 Å². The van der Waals surface area contributed by atoms with Gasteiger partial charge in [-0.3, -0.25) is 0 Å². The normalized spacial score (nSPS) is 20.8. The van der Waals surface area contributed by atoms with Gasteiger partial charge in [0, 0.05) is 18.7 Å². The van der Waals surface area contributed by atoms with Gasteiger partial charge < -0.3 is 14.7 Å². The molecule has 2 fully saturated rings. The lowest BCUT2D eigenvalue weighted by molar-refractivity contribution is 0.218. The molecule has 1 N–H and O–H groups in total. The molecule has 0 saturated carbocycles. The Morgan fingerprint density at radius 2 is 1.65 bits per heavy atom.